The number of rotatable bonds is 5. The lowest BCUT2D eigenvalue weighted by atomic mass is 10.0. The van der Waals surface area contributed by atoms with Crippen LogP contribution in [0.1, 0.15) is 37.7 Å². The molecule has 1 aromatic carbocycles. The molecular weight excluding hydrogens is 266 g/mol. The van der Waals surface area contributed by atoms with Gasteiger partial charge in [0.05, 0.1) is 4.92 Å². The minimum absolute atomic E-state index is 0.228. The number of nitro benzene ring substituents is 1. The predicted molar refractivity (Wildman–Crippen MR) is 83.8 cm³/mol. The monoisotopic (exact) mass is 289 g/mol. The number of para-hydroxylation sites is 1. The Hall–Kier alpha value is -1.62. The maximum absolute atomic E-state index is 11.4. The molecule has 0 aromatic heterocycles. The molecule has 1 aliphatic carbocycles. The maximum Gasteiger partial charge on any atom is 0.295 e. The van der Waals surface area contributed by atoms with Gasteiger partial charge in [-0.2, -0.15) is 0 Å². The van der Waals surface area contributed by atoms with Gasteiger partial charge in [-0.25, -0.2) is 0 Å². The number of piperidine rings is 1. The van der Waals surface area contributed by atoms with Gasteiger partial charge < -0.3 is 10.2 Å². The number of hydrogen-bond donors (Lipinski definition) is 1. The van der Waals surface area contributed by atoms with Crippen molar-refractivity contribution in [3.05, 3.63) is 33.9 Å². The lowest BCUT2D eigenvalue weighted by molar-refractivity contribution is -0.384. The van der Waals surface area contributed by atoms with E-state index in [0.717, 1.165) is 37.2 Å². The van der Waals surface area contributed by atoms with E-state index in [2.05, 4.69) is 10.2 Å². The first-order chi connectivity index (χ1) is 10.2. The minimum Gasteiger partial charge on any atom is -0.361 e. The molecule has 1 saturated heterocycles. The van der Waals surface area contributed by atoms with E-state index in [1.807, 2.05) is 25.1 Å². The molecule has 0 amide bonds. The van der Waals surface area contributed by atoms with Gasteiger partial charge >= 0.3 is 0 Å². The van der Waals surface area contributed by atoms with Crippen molar-refractivity contribution in [2.45, 2.75) is 51.1 Å². The predicted octanol–water partition coefficient (Wildman–Crippen LogP) is 3.01. The molecular formula is C16H23N3O2. The third-order valence-electron chi connectivity index (χ3n) is 4.53. The summed E-state index contributed by atoms with van der Waals surface area (Å²) in [7, 11) is 0. The van der Waals surface area contributed by atoms with Gasteiger partial charge in [0.2, 0.25) is 0 Å². The van der Waals surface area contributed by atoms with Gasteiger partial charge in [-0.15, -0.1) is 0 Å². The first-order valence-electron chi connectivity index (χ1n) is 7.91. The second kappa shape index (κ2) is 6.02. The second-order valence-electron chi connectivity index (χ2n) is 6.23. The summed E-state index contributed by atoms with van der Waals surface area (Å²) in [4.78, 5) is 13.5. The fourth-order valence-electron chi connectivity index (χ4n) is 3.26. The summed E-state index contributed by atoms with van der Waals surface area (Å²) in [5, 5.41) is 15.0. The number of aryl methyl sites for hydroxylation is 1. The Morgan fingerprint density at radius 1 is 1.33 bits per heavy atom. The molecule has 2 fully saturated rings. The van der Waals surface area contributed by atoms with Gasteiger partial charge in [0.1, 0.15) is 5.69 Å². The highest BCUT2D eigenvalue weighted by Crippen LogP contribution is 2.38. The van der Waals surface area contributed by atoms with Gasteiger partial charge in [-0.3, -0.25) is 10.1 Å². The van der Waals surface area contributed by atoms with E-state index in [9.17, 15) is 10.1 Å². The number of benzene rings is 1. The molecule has 21 heavy (non-hydrogen) atoms. The van der Waals surface area contributed by atoms with E-state index < -0.39 is 0 Å². The molecule has 1 aliphatic heterocycles. The Labute approximate surface area is 125 Å². The molecule has 3 rings (SSSR count). The van der Waals surface area contributed by atoms with Crippen molar-refractivity contribution in [3.63, 3.8) is 0 Å². The van der Waals surface area contributed by atoms with Crippen LogP contribution >= 0.6 is 0 Å². The fourth-order valence-corrected chi connectivity index (χ4v) is 3.26. The van der Waals surface area contributed by atoms with Crippen molar-refractivity contribution in [3.8, 4) is 0 Å². The largest absolute Gasteiger partial charge is 0.361 e. The van der Waals surface area contributed by atoms with Crippen molar-refractivity contribution >= 4 is 11.4 Å². The van der Waals surface area contributed by atoms with Crippen LogP contribution in [0.4, 0.5) is 11.4 Å². The van der Waals surface area contributed by atoms with Crippen LogP contribution in [0.5, 0.6) is 0 Å². The van der Waals surface area contributed by atoms with E-state index in [1.165, 1.54) is 19.3 Å². The number of nitrogens with zero attached hydrogens (tertiary/aromatic N) is 2. The average molecular weight is 289 g/mol. The third-order valence-corrected chi connectivity index (χ3v) is 4.53. The zero-order chi connectivity index (χ0) is 14.8. The lowest BCUT2D eigenvalue weighted by Gasteiger charge is -2.32. The highest BCUT2D eigenvalue weighted by Gasteiger charge is 2.35. The number of hydrogen-bond acceptors (Lipinski definition) is 4. The van der Waals surface area contributed by atoms with E-state index in [1.54, 1.807) is 0 Å². The Morgan fingerprint density at radius 2 is 2.14 bits per heavy atom. The molecule has 1 atom stereocenters. The first kappa shape index (κ1) is 14.3. The molecule has 1 heterocycles. The van der Waals surface area contributed by atoms with Crippen LogP contribution in [0.25, 0.3) is 0 Å². The van der Waals surface area contributed by atoms with Crippen LogP contribution in [0.15, 0.2) is 18.2 Å². The number of nitro groups is 1. The smallest absolute Gasteiger partial charge is 0.295 e. The molecule has 2 aliphatic rings. The van der Waals surface area contributed by atoms with Crippen molar-refractivity contribution in [2.75, 3.05) is 18.0 Å². The van der Waals surface area contributed by atoms with Crippen molar-refractivity contribution < 1.29 is 4.92 Å². The van der Waals surface area contributed by atoms with Crippen LogP contribution in [-0.2, 0) is 0 Å². The molecule has 0 spiro atoms. The summed E-state index contributed by atoms with van der Waals surface area (Å²) in [6, 6.07) is 6.60. The quantitative estimate of drug-likeness (QED) is 0.668. The summed E-state index contributed by atoms with van der Waals surface area (Å²) in [5.41, 5.74) is 1.83. The highest BCUT2D eigenvalue weighted by molar-refractivity contribution is 5.67. The number of anilines is 1. The Morgan fingerprint density at radius 3 is 2.76 bits per heavy atom. The molecule has 5 heteroatoms. The van der Waals surface area contributed by atoms with E-state index in [4.69, 9.17) is 0 Å². The highest BCUT2D eigenvalue weighted by atomic mass is 16.6. The van der Waals surface area contributed by atoms with Crippen molar-refractivity contribution in [1.29, 1.82) is 0 Å². The zero-order valence-electron chi connectivity index (χ0n) is 12.5. The number of nitrogens with one attached hydrogen (secondary N) is 1. The molecule has 114 valence electrons. The molecule has 1 unspecified atom stereocenters. The van der Waals surface area contributed by atoms with Crippen LogP contribution in [0, 0.1) is 17.0 Å². The van der Waals surface area contributed by atoms with Crippen LogP contribution in [-0.4, -0.2) is 30.1 Å². The fraction of sp³-hybridized carbons (Fsp3) is 0.625. The SMILES string of the molecule is Cc1cccc(N(CC2CCCCN2)C2CC2)c1[N+](=O)[O-]. The molecule has 1 aromatic rings. The van der Waals surface area contributed by atoms with Crippen LogP contribution in [0.2, 0.25) is 0 Å². The van der Waals surface area contributed by atoms with Crippen molar-refractivity contribution in [1.82, 2.24) is 5.32 Å². The standard InChI is InChI=1S/C16H23N3O2/c1-12-5-4-7-15(16(12)19(20)21)18(14-8-9-14)11-13-6-2-3-10-17-13/h4-5,7,13-14,17H,2-3,6,8-11H2,1H3. The Bertz CT molecular complexity index is 522. The third kappa shape index (κ3) is 3.18. The molecule has 0 bridgehead atoms. The summed E-state index contributed by atoms with van der Waals surface area (Å²) >= 11 is 0. The second-order valence-corrected chi connectivity index (χ2v) is 6.23. The summed E-state index contributed by atoms with van der Waals surface area (Å²) in [5.74, 6) is 0. The molecule has 1 N–H and O–H groups in total. The van der Waals surface area contributed by atoms with Crippen LogP contribution < -0.4 is 10.2 Å². The summed E-state index contributed by atoms with van der Waals surface area (Å²) in [6.45, 7) is 3.78. The molecule has 0 radical (unpaired) electrons. The zero-order valence-corrected chi connectivity index (χ0v) is 12.5. The average Bonchev–Trinajstić information content (AvgIpc) is 3.30. The van der Waals surface area contributed by atoms with E-state index in [0.29, 0.717) is 12.1 Å². The van der Waals surface area contributed by atoms with Crippen molar-refractivity contribution in [2.24, 2.45) is 0 Å². The normalized spacial score (nSPS) is 22.0. The molecule has 5 nitrogen and oxygen atoms in total. The first-order valence-corrected chi connectivity index (χ1v) is 7.91. The van der Waals surface area contributed by atoms with Gasteiger partial charge in [-0.05, 0) is 45.2 Å². The topological polar surface area (TPSA) is 58.4 Å². The van der Waals surface area contributed by atoms with Gasteiger partial charge in [0, 0.05) is 24.2 Å². The van der Waals surface area contributed by atoms with Gasteiger partial charge in [0.15, 0.2) is 0 Å². The van der Waals surface area contributed by atoms with E-state index in [-0.39, 0.29) is 10.6 Å². The van der Waals surface area contributed by atoms with Gasteiger partial charge in [0.25, 0.3) is 5.69 Å². The van der Waals surface area contributed by atoms with Crippen LogP contribution in [0.3, 0.4) is 0 Å². The Kier molecular flexibility index (Phi) is 4.10. The summed E-state index contributed by atoms with van der Waals surface area (Å²) < 4.78 is 0. The minimum atomic E-state index is -0.228. The Balaban J connectivity index is 1.87. The van der Waals surface area contributed by atoms with Gasteiger partial charge in [-0.1, -0.05) is 18.6 Å². The lowest BCUT2D eigenvalue weighted by Crippen LogP contribution is -2.44. The van der Waals surface area contributed by atoms with E-state index >= 15 is 0 Å². The molecule has 1 saturated carbocycles. The maximum atomic E-state index is 11.4. The summed E-state index contributed by atoms with van der Waals surface area (Å²) in [6.07, 6.45) is 5.97.